The molecule has 0 amide bonds. The number of benzene rings is 7. The molecule has 5 fully saturated rings. The van der Waals surface area contributed by atoms with Gasteiger partial charge in [-0.1, -0.05) is 109 Å². The van der Waals surface area contributed by atoms with Crippen LogP contribution in [0.25, 0.3) is 58.8 Å². The van der Waals surface area contributed by atoms with Crippen molar-refractivity contribution in [2.24, 2.45) is 29.6 Å². The van der Waals surface area contributed by atoms with E-state index in [1.807, 2.05) is 11.3 Å². The van der Waals surface area contributed by atoms with Crippen LogP contribution in [-0.4, -0.2) is 4.57 Å². The van der Waals surface area contributed by atoms with Crippen molar-refractivity contribution in [3.8, 4) is 16.8 Å². The molecule has 5 saturated carbocycles. The fourth-order valence-electron chi connectivity index (χ4n) is 12.9. The second kappa shape index (κ2) is 11.7. The molecule has 3 heteroatoms. The summed E-state index contributed by atoms with van der Waals surface area (Å²) in [5.74, 6) is 4.92. The molecule has 56 heavy (non-hydrogen) atoms. The van der Waals surface area contributed by atoms with Gasteiger partial charge < -0.3 is 9.47 Å². The zero-order valence-corrected chi connectivity index (χ0v) is 32.1. The van der Waals surface area contributed by atoms with Crippen LogP contribution in [0.15, 0.2) is 164 Å². The number of rotatable bonds is 6. The largest absolute Gasteiger partial charge is 0.309 e. The monoisotopic (exact) mass is 738 g/mol. The van der Waals surface area contributed by atoms with Crippen molar-refractivity contribution in [1.82, 2.24) is 4.57 Å². The molecule has 0 spiro atoms. The van der Waals surface area contributed by atoms with Gasteiger partial charge in [0.25, 0.3) is 0 Å². The van der Waals surface area contributed by atoms with Gasteiger partial charge in [-0.15, -0.1) is 11.3 Å². The number of hydrogen-bond acceptors (Lipinski definition) is 2. The van der Waals surface area contributed by atoms with Crippen molar-refractivity contribution in [2.75, 3.05) is 4.90 Å². The number of fused-ring (bicyclic) bond motifs is 6. The molecule has 5 aliphatic rings. The molecule has 5 aliphatic carbocycles. The number of anilines is 3. The molecule has 0 saturated heterocycles. The Morgan fingerprint density at radius 2 is 1.20 bits per heavy atom. The summed E-state index contributed by atoms with van der Waals surface area (Å²) in [6.45, 7) is 0. The summed E-state index contributed by atoms with van der Waals surface area (Å²) in [4.78, 5) is 2.56. The molecule has 14 rings (SSSR count). The molecule has 0 N–H and O–H groups in total. The number of para-hydroxylation sites is 3. The van der Waals surface area contributed by atoms with Gasteiger partial charge in [0.1, 0.15) is 0 Å². The highest BCUT2D eigenvalue weighted by atomic mass is 32.1. The topological polar surface area (TPSA) is 8.17 Å². The van der Waals surface area contributed by atoms with Crippen molar-refractivity contribution in [3.05, 3.63) is 169 Å². The van der Waals surface area contributed by atoms with E-state index in [-0.39, 0.29) is 0 Å². The van der Waals surface area contributed by atoms with Gasteiger partial charge in [0.2, 0.25) is 0 Å². The first-order valence-electron chi connectivity index (χ1n) is 20.7. The third-order valence-electron chi connectivity index (χ3n) is 14.8. The fourth-order valence-corrected chi connectivity index (χ4v) is 14.1. The number of hydrogen-bond donors (Lipinski definition) is 0. The summed E-state index contributed by atoms with van der Waals surface area (Å²) < 4.78 is 5.13. The van der Waals surface area contributed by atoms with Crippen molar-refractivity contribution < 1.29 is 0 Å². The summed E-state index contributed by atoms with van der Waals surface area (Å²) in [6, 6.07) is 61.5. The van der Waals surface area contributed by atoms with Crippen LogP contribution >= 0.6 is 11.3 Å². The average molecular weight is 739 g/mol. The SMILES string of the molecule is c1cc(N(c2ccc(-c3ccccc3-n3c4ccccc4c4ccccc43)cc2)c2cccc3c2sc2ccccc23)cc(C23CC4C5C[C@@H](C2)C4[C@@H](C5)C3)c1. The van der Waals surface area contributed by atoms with Crippen LogP contribution in [0.1, 0.15) is 37.7 Å². The predicted octanol–water partition coefficient (Wildman–Crippen LogP) is 14.6. The van der Waals surface area contributed by atoms with Crippen LogP contribution in [0.2, 0.25) is 0 Å². The normalized spacial score (nSPS) is 24.7. The Kier molecular flexibility index (Phi) is 6.59. The summed E-state index contributed by atoms with van der Waals surface area (Å²) in [7, 11) is 0. The van der Waals surface area contributed by atoms with Crippen LogP contribution in [0.5, 0.6) is 0 Å². The van der Waals surface area contributed by atoms with Crippen LogP contribution in [-0.2, 0) is 5.41 Å². The van der Waals surface area contributed by atoms with Crippen molar-refractivity contribution in [2.45, 2.75) is 37.5 Å². The highest BCUT2D eigenvalue weighted by molar-refractivity contribution is 7.26. The van der Waals surface area contributed by atoms with E-state index in [2.05, 4.69) is 173 Å². The number of thiophene rings is 1. The third kappa shape index (κ3) is 4.38. The van der Waals surface area contributed by atoms with Crippen LogP contribution in [0.4, 0.5) is 17.1 Å². The maximum Gasteiger partial charge on any atom is 0.0640 e. The Morgan fingerprint density at radius 1 is 0.536 bits per heavy atom. The Balaban J connectivity index is 0.965. The zero-order valence-electron chi connectivity index (χ0n) is 31.3. The van der Waals surface area contributed by atoms with E-state index in [0.717, 1.165) is 29.6 Å². The lowest BCUT2D eigenvalue weighted by Crippen LogP contribution is -2.47. The van der Waals surface area contributed by atoms with Gasteiger partial charge in [-0.2, -0.15) is 0 Å². The lowest BCUT2D eigenvalue weighted by Gasteiger charge is -2.53. The third-order valence-corrected chi connectivity index (χ3v) is 16.0. The molecule has 6 bridgehead atoms. The molecule has 3 atom stereocenters. The van der Waals surface area contributed by atoms with E-state index in [1.165, 1.54) is 108 Å². The first kappa shape index (κ1) is 31.6. The fraction of sp³-hybridized carbons (Fsp3) is 0.208. The van der Waals surface area contributed by atoms with Crippen LogP contribution in [0, 0.1) is 29.6 Å². The lowest BCUT2D eigenvalue weighted by molar-refractivity contribution is 0.0225. The Labute approximate surface area is 331 Å². The predicted molar refractivity (Wildman–Crippen MR) is 236 cm³/mol. The summed E-state index contributed by atoms with van der Waals surface area (Å²) >= 11 is 1.92. The molecular formula is C53H42N2S. The smallest absolute Gasteiger partial charge is 0.0640 e. The van der Waals surface area contributed by atoms with Gasteiger partial charge in [-0.25, -0.2) is 0 Å². The van der Waals surface area contributed by atoms with Crippen molar-refractivity contribution in [3.63, 3.8) is 0 Å². The minimum atomic E-state index is 0.339. The van der Waals surface area contributed by atoms with Crippen molar-refractivity contribution in [1.29, 1.82) is 0 Å². The van der Waals surface area contributed by atoms with E-state index in [4.69, 9.17) is 0 Å². The molecule has 7 aromatic carbocycles. The molecule has 270 valence electrons. The molecule has 2 nitrogen and oxygen atoms in total. The average Bonchev–Trinajstić information content (AvgIpc) is 3.95. The Bertz CT molecular complexity index is 2950. The molecule has 1 unspecified atom stereocenters. The van der Waals surface area contributed by atoms with Crippen LogP contribution < -0.4 is 4.90 Å². The van der Waals surface area contributed by atoms with Crippen LogP contribution in [0.3, 0.4) is 0 Å². The zero-order chi connectivity index (χ0) is 36.5. The minimum absolute atomic E-state index is 0.339. The number of nitrogens with zero attached hydrogens (tertiary/aromatic N) is 2. The van der Waals surface area contributed by atoms with E-state index < -0.39 is 0 Å². The highest BCUT2D eigenvalue weighted by Crippen LogP contribution is 2.72. The van der Waals surface area contributed by atoms with Gasteiger partial charge in [0.15, 0.2) is 0 Å². The molecular weight excluding hydrogens is 697 g/mol. The van der Waals surface area contributed by atoms with Gasteiger partial charge in [-0.05, 0) is 133 Å². The van der Waals surface area contributed by atoms with Gasteiger partial charge in [-0.3, -0.25) is 0 Å². The second-order valence-corrected chi connectivity index (χ2v) is 18.5. The summed E-state index contributed by atoms with van der Waals surface area (Å²) in [5, 5.41) is 5.24. The van der Waals surface area contributed by atoms with Gasteiger partial charge in [0.05, 0.1) is 27.1 Å². The first-order valence-corrected chi connectivity index (χ1v) is 21.5. The van der Waals surface area contributed by atoms with E-state index >= 15 is 0 Å². The van der Waals surface area contributed by atoms with E-state index in [9.17, 15) is 0 Å². The summed E-state index contributed by atoms with van der Waals surface area (Å²) in [6.07, 6.45) is 7.21. The molecule has 2 heterocycles. The van der Waals surface area contributed by atoms with Gasteiger partial charge >= 0.3 is 0 Å². The quantitative estimate of drug-likeness (QED) is 0.165. The standard InChI is InChI=1S/C53H42N2S/c1-5-18-46(55-47-19-6-2-14-41(47)42-15-3-7-20-48(42)55)40(13-1)33-23-25-38(26-24-33)54(49-21-10-17-44-43-16-4-8-22-50(43)56-52(44)49)39-12-9-11-37(29-39)53-30-35-27-34-28-36(31-53)51(35)45(34)32-53/h1-26,29,34-36,45,51H,27-28,30-32H2/t34?,35-,36-,45?,51?,53?/m0/s1. The highest BCUT2D eigenvalue weighted by Gasteiger charge is 2.65. The lowest BCUT2D eigenvalue weighted by atomic mass is 9.51. The second-order valence-electron chi connectivity index (χ2n) is 17.5. The van der Waals surface area contributed by atoms with E-state index in [1.54, 1.807) is 5.56 Å². The molecule has 0 radical (unpaired) electrons. The molecule has 9 aromatic rings. The van der Waals surface area contributed by atoms with Crippen molar-refractivity contribution >= 4 is 70.4 Å². The maximum absolute atomic E-state index is 2.60. The maximum atomic E-state index is 2.60. The first-order chi connectivity index (χ1) is 27.7. The van der Waals surface area contributed by atoms with Gasteiger partial charge in [0, 0.05) is 43.2 Å². The van der Waals surface area contributed by atoms with E-state index in [0.29, 0.717) is 5.41 Å². The minimum Gasteiger partial charge on any atom is -0.309 e. The molecule has 2 aromatic heterocycles. The molecule has 0 aliphatic heterocycles. The summed E-state index contributed by atoms with van der Waals surface area (Å²) in [5.41, 5.74) is 11.7. The Morgan fingerprint density at radius 3 is 1.96 bits per heavy atom. The number of aromatic nitrogens is 1. The Hall–Kier alpha value is -5.64.